The maximum absolute atomic E-state index is 12.3. The minimum absolute atomic E-state index is 0.0398. The van der Waals surface area contributed by atoms with Crippen LogP contribution in [0.1, 0.15) is 34.7 Å². The van der Waals surface area contributed by atoms with Crippen molar-refractivity contribution < 1.29 is 4.79 Å². The van der Waals surface area contributed by atoms with E-state index < -0.39 is 0 Å². The number of nitrogens with zero attached hydrogens (tertiary/aromatic N) is 3. The molecule has 5 heteroatoms. The molecular formula is C17H16N4O. The zero-order chi connectivity index (χ0) is 14.9. The number of amides is 1. The Balaban J connectivity index is 1.39. The van der Waals surface area contributed by atoms with Crippen LogP contribution in [0.15, 0.2) is 55.0 Å². The van der Waals surface area contributed by atoms with Gasteiger partial charge < -0.3 is 5.32 Å². The second-order valence-electron chi connectivity index (χ2n) is 5.73. The van der Waals surface area contributed by atoms with Crippen molar-refractivity contribution in [2.24, 2.45) is 0 Å². The molecule has 0 unspecified atom stereocenters. The Morgan fingerprint density at radius 2 is 2.00 bits per heavy atom. The van der Waals surface area contributed by atoms with Crippen LogP contribution in [-0.4, -0.2) is 26.5 Å². The van der Waals surface area contributed by atoms with Gasteiger partial charge in [0.25, 0.3) is 5.91 Å². The minimum Gasteiger partial charge on any atom is -0.349 e. The third-order valence-corrected chi connectivity index (χ3v) is 4.29. The van der Waals surface area contributed by atoms with E-state index in [1.165, 1.54) is 11.9 Å². The van der Waals surface area contributed by atoms with Gasteiger partial charge in [-0.3, -0.25) is 4.79 Å². The first kappa shape index (κ1) is 13.0. The van der Waals surface area contributed by atoms with Crippen LogP contribution >= 0.6 is 0 Å². The van der Waals surface area contributed by atoms with Crippen molar-refractivity contribution in [2.45, 2.75) is 24.8 Å². The number of benzene rings is 1. The number of carbonyl (C=O) groups excluding carboxylic acids is 1. The molecule has 2 aromatic heterocycles. The molecule has 1 N–H and O–H groups in total. The third kappa shape index (κ3) is 2.35. The average molecular weight is 292 g/mol. The molecule has 1 aliphatic rings. The van der Waals surface area contributed by atoms with Crippen molar-refractivity contribution in [1.29, 1.82) is 0 Å². The highest BCUT2D eigenvalue weighted by atomic mass is 16.1. The molecular weight excluding hydrogens is 276 g/mol. The van der Waals surface area contributed by atoms with E-state index in [9.17, 15) is 4.79 Å². The highest BCUT2D eigenvalue weighted by Gasteiger charge is 2.31. The molecule has 0 radical (unpaired) electrons. The molecule has 3 aromatic rings. The fraction of sp³-hybridized carbons (Fsp3) is 0.235. The molecule has 1 aromatic carbocycles. The van der Waals surface area contributed by atoms with E-state index in [1.54, 1.807) is 22.8 Å². The van der Waals surface area contributed by atoms with Gasteiger partial charge in [0.1, 0.15) is 6.33 Å². The van der Waals surface area contributed by atoms with E-state index in [-0.39, 0.29) is 11.9 Å². The Hall–Kier alpha value is -2.69. The topological polar surface area (TPSA) is 59.3 Å². The molecule has 1 amide bonds. The molecule has 5 nitrogen and oxygen atoms in total. The summed E-state index contributed by atoms with van der Waals surface area (Å²) >= 11 is 0. The van der Waals surface area contributed by atoms with E-state index in [1.807, 2.05) is 6.07 Å². The van der Waals surface area contributed by atoms with Gasteiger partial charge in [-0.15, -0.1) is 0 Å². The number of hydrogen-bond donors (Lipinski definition) is 1. The fourth-order valence-electron chi connectivity index (χ4n) is 2.96. The van der Waals surface area contributed by atoms with E-state index >= 15 is 0 Å². The minimum atomic E-state index is -0.0398. The molecule has 110 valence electrons. The molecule has 1 saturated carbocycles. The largest absolute Gasteiger partial charge is 0.349 e. The third-order valence-electron chi connectivity index (χ3n) is 4.29. The van der Waals surface area contributed by atoms with Crippen LogP contribution < -0.4 is 5.32 Å². The predicted molar refractivity (Wildman–Crippen MR) is 82.7 cm³/mol. The average Bonchev–Trinajstić information content (AvgIpc) is 2.98. The van der Waals surface area contributed by atoms with Crippen molar-refractivity contribution in [3.05, 3.63) is 66.1 Å². The highest BCUT2D eigenvalue weighted by Crippen LogP contribution is 2.36. The Labute approximate surface area is 128 Å². The smallest absolute Gasteiger partial charge is 0.251 e. The molecule has 2 heterocycles. The molecule has 22 heavy (non-hydrogen) atoms. The number of nitrogens with one attached hydrogen (secondary N) is 1. The summed E-state index contributed by atoms with van der Waals surface area (Å²) in [7, 11) is 0. The van der Waals surface area contributed by atoms with Crippen LogP contribution in [0.2, 0.25) is 0 Å². The molecule has 1 aliphatic carbocycles. The lowest BCUT2D eigenvalue weighted by atomic mass is 9.76. The molecule has 0 aliphatic heterocycles. The van der Waals surface area contributed by atoms with Gasteiger partial charge >= 0.3 is 0 Å². The SMILES string of the molecule is O=C(NC1CC(c2ccccc2)C1)c1ccn2ncnc2c1. The van der Waals surface area contributed by atoms with Gasteiger partial charge in [-0.2, -0.15) is 5.10 Å². The summed E-state index contributed by atoms with van der Waals surface area (Å²) in [5.41, 5.74) is 2.67. The summed E-state index contributed by atoms with van der Waals surface area (Å²) in [6, 6.07) is 14.3. The molecule has 0 saturated heterocycles. The monoisotopic (exact) mass is 292 g/mol. The van der Waals surface area contributed by atoms with Gasteiger partial charge in [-0.25, -0.2) is 9.50 Å². The highest BCUT2D eigenvalue weighted by molar-refractivity contribution is 5.95. The van der Waals surface area contributed by atoms with Crippen LogP contribution in [0.3, 0.4) is 0 Å². The van der Waals surface area contributed by atoms with Gasteiger partial charge in [0.05, 0.1) is 0 Å². The first-order valence-corrected chi connectivity index (χ1v) is 7.45. The van der Waals surface area contributed by atoms with Gasteiger partial charge in [0.15, 0.2) is 5.65 Å². The zero-order valence-corrected chi connectivity index (χ0v) is 12.0. The van der Waals surface area contributed by atoms with Gasteiger partial charge in [0.2, 0.25) is 0 Å². The lowest BCUT2D eigenvalue weighted by molar-refractivity contribution is 0.0909. The van der Waals surface area contributed by atoms with Crippen molar-refractivity contribution in [3.8, 4) is 0 Å². The lowest BCUT2D eigenvalue weighted by Gasteiger charge is -2.36. The van der Waals surface area contributed by atoms with E-state index in [4.69, 9.17) is 0 Å². The Bertz CT molecular complexity index is 806. The maximum Gasteiger partial charge on any atom is 0.251 e. The van der Waals surface area contributed by atoms with Gasteiger partial charge in [-0.05, 0) is 36.5 Å². The first-order chi connectivity index (χ1) is 10.8. The first-order valence-electron chi connectivity index (χ1n) is 7.45. The predicted octanol–water partition coefficient (Wildman–Crippen LogP) is 2.41. The van der Waals surface area contributed by atoms with Crippen molar-refractivity contribution in [1.82, 2.24) is 19.9 Å². The number of fused-ring (bicyclic) bond motifs is 1. The number of aromatic nitrogens is 3. The van der Waals surface area contributed by atoms with Crippen molar-refractivity contribution in [2.75, 3.05) is 0 Å². The standard InChI is InChI=1S/C17H16N4O/c22-17(13-6-7-21-16(10-13)18-11-19-21)20-15-8-14(9-15)12-4-2-1-3-5-12/h1-7,10-11,14-15H,8-9H2,(H,20,22). The van der Waals surface area contributed by atoms with E-state index in [2.05, 4.69) is 39.7 Å². The van der Waals surface area contributed by atoms with Crippen molar-refractivity contribution >= 4 is 11.6 Å². The second-order valence-corrected chi connectivity index (χ2v) is 5.73. The van der Waals surface area contributed by atoms with Crippen LogP contribution in [0.5, 0.6) is 0 Å². The molecule has 0 atom stereocenters. The Morgan fingerprint density at radius 3 is 2.82 bits per heavy atom. The van der Waals surface area contributed by atoms with E-state index in [0.717, 1.165) is 12.8 Å². The Morgan fingerprint density at radius 1 is 1.18 bits per heavy atom. The second kappa shape index (κ2) is 5.26. The summed E-state index contributed by atoms with van der Waals surface area (Å²) in [5.74, 6) is 0.521. The van der Waals surface area contributed by atoms with Crippen LogP contribution in [0.4, 0.5) is 0 Å². The van der Waals surface area contributed by atoms with Crippen molar-refractivity contribution in [3.63, 3.8) is 0 Å². The summed E-state index contributed by atoms with van der Waals surface area (Å²) in [6.45, 7) is 0. The summed E-state index contributed by atoms with van der Waals surface area (Å²) in [4.78, 5) is 16.4. The van der Waals surface area contributed by atoms with Gasteiger partial charge in [0, 0.05) is 17.8 Å². The van der Waals surface area contributed by atoms with Crippen LogP contribution in [-0.2, 0) is 0 Å². The fourth-order valence-corrected chi connectivity index (χ4v) is 2.96. The lowest BCUT2D eigenvalue weighted by Crippen LogP contribution is -2.43. The Kier molecular flexibility index (Phi) is 3.11. The van der Waals surface area contributed by atoms with Crippen LogP contribution in [0, 0.1) is 0 Å². The van der Waals surface area contributed by atoms with Crippen LogP contribution in [0.25, 0.3) is 5.65 Å². The maximum atomic E-state index is 12.3. The zero-order valence-electron chi connectivity index (χ0n) is 12.0. The number of rotatable bonds is 3. The normalized spacial score (nSPS) is 20.5. The molecule has 4 rings (SSSR count). The number of carbonyl (C=O) groups is 1. The number of pyridine rings is 1. The van der Waals surface area contributed by atoms with E-state index in [0.29, 0.717) is 17.1 Å². The summed E-state index contributed by atoms with van der Waals surface area (Å²) in [5, 5.41) is 7.12. The van der Waals surface area contributed by atoms with Gasteiger partial charge in [-0.1, -0.05) is 30.3 Å². The quantitative estimate of drug-likeness (QED) is 0.806. The molecule has 0 spiro atoms. The summed E-state index contributed by atoms with van der Waals surface area (Å²) in [6.07, 6.45) is 5.24. The molecule has 0 bridgehead atoms. The summed E-state index contributed by atoms with van der Waals surface area (Å²) < 4.78 is 1.64. The number of hydrogen-bond acceptors (Lipinski definition) is 3. The molecule has 1 fully saturated rings.